The van der Waals surface area contributed by atoms with Gasteiger partial charge in [0.15, 0.2) is 0 Å². The predicted molar refractivity (Wildman–Crippen MR) is 107 cm³/mol. The molecule has 1 aliphatic rings. The first-order valence-corrected chi connectivity index (χ1v) is 10.7. The molecular formula is C17H29N5O6S. The SMILES string of the molecule is CSCCC(NC(=O)C(CC(N)=O)NC(=O)C1CCCN1)C(=O)NC(C)C(=O)O. The maximum absolute atomic E-state index is 12.7. The molecule has 12 heteroatoms. The summed E-state index contributed by atoms with van der Waals surface area (Å²) in [5.41, 5.74) is 5.20. The summed E-state index contributed by atoms with van der Waals surface area (Å²) in [5, 5.41) is 19.2. The van der Waals surface area contributed by atoms with Gasteiger partial charge in [-0.1, -0.05) is 0 Å². The maximum Gasteiger partial charge on any atom is 0.325 e. The molecule has 11 nitrogen and oxygen atoms in total. The number of rotatable bonds is 12. The van der Waals surface area contributed by atoms with Crippen LogP contribution in [0.15, 0.2) is 0 Å². The van der Waals surface area contributed by atoms with E-state index in [1.54, 1.807) is 0 Å². The highest BCUT2D eigenvalue weighted by Gasteiger charge is 2.31. The zero-order valence-corrected chi connectivity index (χ0v) is 17.3. The minimum Gasteiger partial charge on any atom is -0.480 e. The number of carbonyl (C=O) groups is 5. The molecule has 0 aromatic heterocycles. The molecule has 0 aliphatic carbocycles. The molecule has 1 saturated heterocycles. The highest BCUT2D eigenvalue weighted by Crippen LogP contribution is 2.07. The Hall–Kier alpha value is -2.34. The van der Waals surface area contributed by atoms with Crippen LogP contribution in [0.2, 0.25) is 0 Å². The third kappa shape index (κ3) is 8.69. The topological polar surface area (TPSA) is 180 Å². The second-order valence-electron chi connectivity index (χ2n) is 6.79. The number of primary amides is 1. The van der Waals surface area contributed by atoms with Gasteiger partial charge in [-0.3, -0.25) is 24.0 Å². The first-order valence-electron chi connectivity index (χ1n) is 9.30. The molecule has 4 amide bonds. The Morgan fingerprint density at radius 3 is 2.31 bits per heavy atom. The van der Waals surface area contributed by atoms with E-state index in [1.807, 2.05) is 6.26 Å². The van der Waals surface area contributed by atoms with Crippen LogP contribution in [0.4, 0.5) is 0 Å². The van der Waals surface area contributed by atoms with Crippen molar-refractivity contribution in [1.29, 1.82) is 0 Å². The van der Waals surface area contributed by atoms with Gasteiger partial charge in [0.1, 0.15) is 18.1 Å². The van der Waals surface area contributed by atoms with Crippen LogP contribution in [0.1, 0.15) is 32.6 Å². The average Bonchev–Trinajstić information content (AvgIpc) is 3.18. The van der Waals surface area contributed by atoms with Gasteiger partial charge in [0, 0.05) is 0 Å². The summed E-state index contributed by atoms with van der Waals surface area (Å²) in [6.07, 6.45) is 3.08. The molecule has 0 aromatic rings. The fourth-order valence-corrected chi connectivity index (χ4v) is 3.22. The Morgan fingerprint density at radius 1 is 1.14 bits per heavy atom. The molecule has 29 heavy (non-hydrogen) atoms. The van der Waals surface area contributed by atoms with Gasteiger partial charge in [-0.05, 0) is 44.7 Å². The minimum absolute atomic E-state index is 0.243. The van der Waals surface area contributed by atoms with E-state index < -0.39 is 60.2 Å². The van der Waals surface area contributed by atoms with Crippen LogP contribution < -0.4 is 27.0 Å². The van der Waals surface area contributed by atoms with Crippen LogP contribution >= 0.6 is 11.8 Å². The smallest absolute Gasteiger partial charge is 0.325 e. The van der Waals surface area contributed by atoms with Gasteiger partial charge in [0.25, 0.3) is 0 Å². The number of hydrogen-bond acceptors (Lipinski definition) is 7. The number of thioether (sulfide) groups is 1. The lowest BCUT2D eigenvalue weighted by atomic mass is 10.1. The molecule has 7 N–H and O–H groups in total. The second kappa shape index (κ2) is 12.3. The Labute approximate surface area is 173 Å². The number of carboxylic acids is 1. The van der Waals surface area contributed by atoms with Crippen LogP contribution in [0.3, 0.4) is 0 Å². The maximum atomic E-state index is 12.7. The monoisotopic (exact) mass is 431 g/mol. The van der Waals surface area contributed by atoms with Crippen molar-refractivity contribution in [3.63, 3.8) is 0 Å². The van der Waals surface area contributed by atoms with Gasteiger partial charge in [-0.2, -0.15) is 11.8 Å². The summed E-state index contributed by atoms with van der Waals surface area (Å²) in [7, 11) is 0. The van der Waals surface area contributed by atoms with E-state index in [1.165, 1.54) is 18.7 Å². The standard InChI is InChI=1S/C17H29N5O6S/c1-9(17(27)28)20-15(25)11(5-7-29-2)21-16(26)12(8-13(18)23)22-14(24)10-4-3-6-19-10/h9-12,19H,3-8H2,1-2H3,(H2,18,23)(H,20,25)(H,21,26)(H,22,24)(H,27,28). The summed E-state index contributed by atoms with van der Waals surface area (Å²) in [6.45, 7) is 1.99. The van der Waals surface area contributed by atoms with E-state index in [2.05, 4.69) is 21.3 Å². The minimum atomic E-state index is -1.23. The van der Waals surface area contributed by atoms with Crippen LogP contribution in [-0.4, -0.2) is 77.4 Å². The quantitative estimate of drug-likeness (QED) is 0.204. The van der Waals surface area contributed by atoms with Gasteiger partial charge in [-0.25, -0.2) is 0 Å². The zero-order chi connectivity index (χ0) is 22.0. The highest BCUT2D eigenvalue weighted by molar-refractivity contribution is 7.98. The lowest BCUT2D eigenvalue weighted by molar-refractivity contribution is -0.142. The first-order chi connectivity index (χ1) is 13.6. The summed E-state index contributed by atoms with van der Waals surface area (Å²) in [6, 6.07) is -3.84. The van der Waals surface area contributed by atoms with E-state index in [-0.39, 0.29) is 6.42 Å². The molecule has 1 fully saturated rings. The summed E-state index contributed by atoms with van der Waals surface area (Å²) >= 11 is 1.45. The molecule has 0 aromatic carbocycles. The number of nitrogens with one attached hydrogen (secondary N) is 4. The zero-order valence-electron chi connectivity index (χ0n) is 16.5. The molecule has 0 saturated carbocycles. The normalized spacial score (nSPS) is 18.9. The van der Waals surface area contributed by atoms with E-state index in [9.17, 15) is 24.0 Å². The second-order valence-corrected chi connectivity index (χ2v) is 7.78. The van der Waals surface area contributed by atoms with Gasteiger partial charge < -0.3 is 32.1 Å². The van der Waals surface area contributed by atoms with Crippen molar-refractivity contribution in [2.24, 2.45) is 5.73 Å². The predicted octanol–water partition coefficient (Wildman–Crippen LogP) is -2.07. The molecule has 1 heterocycles. The van der Waals surface area contributed by atoms with Crippen molar-refractivity contribution < 1.29 is 29.1 Å². The number of aliphatic carboxylic acids is 1. The Morgan fingerprint density at radius 2 is 1.79 bits per heavy atom. The molecule has 1 aliphatic heterocycles. The van der Waals surface area contributed by atoms with E-state index in [0.29, 0.717) is 18.7 Å². The molecule has 4 unspecified atom stereocenters. The van der Waals surface area contributed by atoms with Crippen molar-refractivity contribution in [3.8, 4) is 0 Å². The molecule has 0 spiro atoms. The Balaban J connectivity index is 2.83. The van der Waals surface area contributed by atoms with Gasteiger partial charge in [0.05, 0.1) is 12.5 Å². The van der Waals surface area contributed by atoms with Crippen molar-refractivity contribution in [2.45, 2.75) is 56.8 Å². The third-order valence-electron chi connectivity index (χ3n) is 4.39. The number of amides is 4. The fraction of sp³-hybridized carbons (Fsp3) is 0.706. The largest absolute Gasteiger partial charge is 0.480 e. The lowest BCUT2D eigenvalue weighted by Crippen LogP contribution is -2.57. The molecular weight excluding hydrogens is 402 g/mol. The molecule has 164 valence electrons. The lowest BCUT2D eigenvalue weighted by Gasteiger charge is -2.24. The highest BCUT2D eigenvalue weighted by atomic mass is 32.2. The molecule has 0 bridgehead atoms. The number of hydrogen-bond donors (Lipinski definition) is 6. The van der Waals surface area contributed by atoms with Crippen LogP contribution in [-0.2, 0) is 24.0 Å². The van der Waals surface area contributed by atoms with Crippen LogP contribution in [0, 0.1) is 0 Å². The van der Waals surface area contributed by atoms with E-state index in [0.717, 1.165) is 6.42 Å². The van der Waals surface area contributed by atoms with Gasteiger partial charge in [0.2, 0.25) is 23.6 Å². The summed E-state index contributed by atoms with van der Waals surface area (Å²) < 4.78 is 0. The third-order valence-corrected chi connectivity index (χ3v) is 5.03. The summed E-state index contributed by atoms with van der Waals surface area (Å²) in [4.78, 5) is 59.7. The summed E-state index contributed by atoms with van der Waals surface area (Å²) in [5.74, 6) is -3.29. The number of carboxylic acid groups (broad SMARTS) is 1. The number of nitrogens with two attached hydrogens (primary N) is 1. The van der Waals surface area contributed by atoms with Crippen molar-refractivity contribution in [1.82, 2.24) is 21.3 Å². The number of carbonyl (C=O) groups excluding carboxylic acids is 4. The van der Waals surface area contributed by atoms with E-state index in [4.69, 9.17) is 10.8 Å². The average molecular weight is 432 g/mol. The fourth-order valence-electron chi connectivity index (χ4n) is 2.74. The van der Waals surface area contributed by atoms with Crippen molar-refractivity contribution in [2.75, 3.05) is 18.6 Å². The van der Waals surface area contributed by atoms with E-state index >= 15 is 0 Å². The molecule has 0 radical (unpaired) electrons. The van der Waals surface area contributed by atoms with Crippen molar-refractivity contribution >= 4 is 41.4 Å². The van der Waals surface area contributed by atoms with Crippen LogP contribution in [0.25, 0.3) is 0 Å². The van der Waals surface area contributed by atoms with Gasteiger partial charge >= 0.3 is 5.97 Å². The Bertz CT molecular complexity index is 625. The van der Waals surface area contributed by atoms with Crippen LogP contribution in [0.5, 0.6) is 0 Å². The molecule has 4 atom stereocenters. The Kier molecular flexibility index (Phi) is 10.5. The molecule has 1 rings (SSSR count). The van der Waals surface area contributed by atoms with Crippen molar-refractivity contribution in [3.05, 3.63) is 0 Å². The van der Waals surface area contributed by atoms with Gasteiger partial charge in [-0.15, -0.1) is 0 Å². The first kappa shape index (κ1) is 24.7.